The number of unbranched alkanes of at least 4 members (excludes halogenated alkanes) is 8. The molecule has 0 aromatic rings. The van der Waals surface area contributed by atoms with Gasteiger partial charge in [-0.05, 0) is 18.3 Å². The molecule has 0 heterocycles. The summed E-state index contributed by atoms with van der Waals surface area (Å²) in [5, 5.41) is 0. The van der Waals surface area contributed by atoms with E-state index in [0.717, 1.165) is 6.42 Å². The van der Waals surface area contributed by atoms with Crippen LogP contribution in [0.3, 0.4) is 0 Å². The van der Waals surface area contributed by atoms with Crippen LogP contribution >= 0.6 is 0 Å². The normalized spacial score (nSPS) is 11.5. The van der Waals surface area contributed by atoms with Gasteiger partial charge in [-0.3, -0.25) is 0 Å². The third-order valence-electron chi connectivity index (χ3n) is 3.23. The molecule has 0 rings (SSSR count). The Bertz CT molecular complexity index is 182. The lowest BCUT2D eigenvalue weighted by Crippen LogP contribution is -2.03. The van der Waals surface area contributed by atoms with Crippen LogP contribution in [-0.2, 0) is 9.53 Å². The van der Waals surface area contributed by atoms with E-state index >= 15 is 0 Å². The zero-order chi connectivity index (χ0) is 13.7. The van der Waals surface area contributed by atoms with Crippen LogP contribution < -0.4 is 0 Å². The molecule has 0 atom stereocenters. The second-order valence-electron chi connectivity index (χ2n) is 6.42. The predicted octanol–water partition coefficient (Wildman–Crippen LogP) is 5.02. The summed E-state index contributed by atoms with van der Waals surface area (Å²) in [6, 6.07) is 0. The average Bonchev–Trinajstić information content (AvgIpc) is 2.29. The summed E-state index contributed by atoms with van der Waals surface area (Å²) < 4.78 is 4.53. The topological polar surface area (TPSA) is 26.3 Å². The molecule has 18 heavy (non-hydrogen) atoms. The quantitative estimate of drug-likeness (QED) is 0.458. The Morgan fingerprint density at radius 3 is 1.67 bits per heavy atom. The summed E-state index contributed by atoms with van der Waals surface area (Å²) in [6.07, 6.45) is 13.0. The van der Waals surface area contributed by atoms with Crippen LogP contribution in [-0.4, -0.2) is 13.1 Å². The van der Waals surface area contributed by atoms with Crippen molar-refractivity contribution < 1.29 is 9.53 Å². The lowest BCUT2D eigenvalue weighted by Gasteiger charge is -2.17. The third-order valence-corrected chi connectivity index (χ3v) is 3.23. The van der Waals surface area contributed by atoms with Gasteiger partial charge in [0.2, 0.25) is 0 Å². The highest BCUT2D eigenvalue weighted by atomic mass is 16.5. The summed E-state index contributed by atoms with van der Waals surface area (Å²) >= 11 is 0. The molecule has 0 aliphatic carbocycles. The van der Waals surface area contributed by atoms with Crippen molar-refractivity contribution in [1.29, 1.82) is 0 Å². The molecule has 0 aliphatic rings. The van der Waals surface area contributed by atoms with E-state index in [1.165, 1.54) is 64.3 Å². The lowest BCUT2D eigenvalue weighted by atomic mass is 9.89. The van der Waals surface area contributed by atoms with Gasteiger partial charge in [-0.2, -0.15) is 0 Å². The fourth-order valence-electron chi connectivity index (χ4n) is 2.11. The van der Waals surface area contributed by atoms with Gasteiger partial charge in [0.15, 0.2) is 0 Å². The molecular weight excluding hydrogens is 224 g/mol. The summed E-state index contributed by atoms with van der Waals surface area (Å²) in [7, 11) is 0. The van der Waals surface area contributed by atoms with E-state index in [-0.39, 0.29) is 0 Å². The van der Waals surface area contributed by atoms with Crippen LogP contribution in [0.2, 0.25) is 0 Å². The molecule has 1 radical (unpaired) electrons. The van der Waals surface area contributed by atoms with Crippen molar-refractivity contribution in [3.8, 4) is 0 Å². The molecule has 0 aromatic carbocycles. The zero-order valence-electron chi connectivity index (χ0n) is 12.6. The van der Waals surface area contributed by atoms with Gasteiger partial charge in [-0.1, -0.05) is 72.1 Å². The minimum atomic E-state index is 0.501. The third kappa shape index (κ3) is 15.5. The van der Waals surface area contributed by atoms with Crippen molar-refractivity contribution in [3.63, 3.8) is 0 Å². The zero-order valence-corrected chi connectivity index (χ0v) is 12.6. The first-order chi connectivity index (χ1) is 8.56. The van der Waals surface area contributed by atoms with Crippen LogP contribution in [0, 0.1) is 5.41 Å². The minimum Gasteiger partial charge on any atom is -0.457 e. The SMILES string of the molecule is CC(C)(C)CCCCCCCCCCCO[C]=O. The van der Waals surface area contributed by atoms with Crippen molar-refractivity contribution in [3.05, 3.63) is 0 Å². The lowest BCUT2D eigenvalue weighted by molar-refractivity contribution is 0.268. The maximum atomic E-state index is 9.78. The Hall–Kier alpha value is -0.530. The number of rotatable bonds is 12. The highest BCUT2D eigenvalue weighted by Crippen LogP contribution is 2.22. The minimum absolute atomic E-state index is 0.501. The Balaban J connectivity index is 3.01. The fourth-order valence-corrected chi connectivity index (χ4v) is 2.11. The Labute approximate surface area is 113 Å². The van der Waals surface area contributed by atoms with Gasteiger partial charge in [0.05, 0.1) is 6.61 Å². The molecule has 2 nitrogen and oxygen atoms in total. The summed E-state index contributed by atoms with van der Waals surface area (Å²) in [4.78, 5) is 9.78. The van der Waals surface area contributed by atoms with Gasteiger partial charge < -0.3 is 4.74 Å². The molecule has 0 N–H and O–H groups in total. The molecule has 0 aromatic heterocycles. The first kappa shape index (κ1) is 17.5. The van der Waals surface area contributed by atoms with E-state index < -0.39 is 0 Å². The van der Waals surface area contributed by atoms with Gasteiger partial charge in [0, 0.05) is 0 Å². The first-order valence-corrected chi connectivity index (χ1v) is 7.55. The van der Waals surface area contributed by atoms with Crippen molar-refractivity contribution in [2.75, 3.05) is 6.61 Å². The standard InChI is InChI=1S/C16H31O2/c1-16(2,3)13-11-9-7-5-4-6-8-10-12-14-18-15-17/h4-14H2,1-3H3. The van der Waals surface area contributed by atoms with Crippen LogP contribution in [0.5, 0.6) is 0 Å². The van der Waals surface area contributed by atoms with E-state index in [9.17, 15) is 4.79 Å². The van der Waals surface area contributed by atoms with E-state index in [2.05, 4.69) is 25.5 Å². The molecule has 0 unspecified atom stereocenters. The average molecular weight is 255 g/mol. The first-order valence-electron chi connectivity index (χ1n) is 7.55. The molecule has 0 aliphatic heterocycles. The van der Waals surface area contributed by atoms with E-state index in [0.29, 0.717) is 12.0 Å². The molecule has 0 amide bonds. The van der Waals surface area contributed by atoms with Gasteiger partial charge >= 0.3 is 6.47 Å². The monoisotopic (exact) mass is 255 g/mol. The van der Waals surface area contributed by atoms with Gasteiger partial charge in [0.1, 0.15) is 0 Å². The smallest absolute Gasteiger partial charge is 0.417 e. The summed E-state index contributed by atoms with van der Waals surface area (Å²) in [5.41, 5.74) is 0.501. The predicted molar refractivity (Wildman–Crippen MR) is 77.3 cm³/mol. The fraction of sp³-hybridized carbons (Fsp3) is 0.938. The Morgan fingerprint density at radius 2 is 1.22 bits per heavy atom. The summed E-state index contributed by atoms with van der Waals surface area (Å²) in [6.45, 7) is 8.95. The van der Waals surface area contributed by atoms with Crippen molar-refractivity contribution in [2.24, 2.45) is 5.41 Å². The van der Waals surface area contributed by atoms with E-state index in [1.807, 2.05) is 0 Å². The Morgan fingerprint density at radius 1 is 0.778 bits per heavy atom. The largest absolute Gasteiger partial charge is 0.457 e. The maximum absolute atomic E-state index is 9.78. The Kier molecular flexibility index (Phi) is 11.2. The number of hydrogen-bond acceptors (Lipinski definition) is 2. The van der Waals surface area contributed by atoms with Gasteiger partial charge in [0.25, 0.3) is 0 Å². The molecule has 0 saturated carbocycles. The number of hydrogen-bond donors (Lipinski definition) is 0. The number of ether oxygens (including phenoxy) is 1. The molecule has 0 fully saturated rings. The second kappa shape index (κ2) is 11.6. The molecule has 0 bridgehead atoms. The molecule has 2 heteroatoms. The number of carbonyl (C=O) groups excluding carboxylic acids is 1. The highest BCUT2D eigenvalue weighted by molar-refractivity contribution is 5.37. The maximum Gasteiger partial charge on any atom is 0.417 e. The molecule has 107 valence electrons. The van der Waals surface area contributed by atoms with Crippen LogP contribution in [0.15, 0.2) is 0 Å². The van der Waals surface area contributed by atoms with E-state index in [1.54, 1.807) is 0 Å². The van der Waals surface area contributed by atoms with Crippen molar-refractivity contribution in [1.82, 2.24) is 0 Å². The van der Waals surface area contributed by atoms with Crippen LogP contribution in [0.25, 0.3) is 0 Å². The second-order valence-corrected chi connectivity index (χ2v) is 6.42. The summed E-state index contributed by atoms with van der Waals surface area (Å²) in [5.74, 6) is 0. The van der Waals surface area contributed by atoms with Crippen LogP contribution in [0.1, 0.15) is 85.0 Å². The van der Waals surface area contributed by atoms with E-state index in [4.69, 9.17) is 0 Å². The van der Waals surface area contributed by atoms with Crippen molar-refractivity contribution in [2.45, 2.75) is 85.0 Å². The molecule has 0 spiro atoms. The van der Waals surface area contributed by atoms with Crippen molar-refractivity contribution >= 4 is 6.47 Å². The van der Waals surface area contributed by atoms with Gasteiger partial charge in [-0.25, -0.2) is 4.79 Å². The van der Waals surface area contributed by atoms with Crippen LogP contribution in [0.4, 0.5) is 0 Å². The molecular formula is C16H31O2. The van der Waals surface area contributed by atoms with Gasteiger partial charge in [-0.15, -0.1) is 0 Å². The highest BCUT2D eigenvalue weighted by Gasteiger charge is 2.08. The molecule has 0 saturated heterocycles.